The van der Waals surface area contributed by atoms with E-state index < -0.39 is 6.04 Å². The van der Waals surface area contributed by atoms with Crippen LogP contribution < -0.4 is 5.32 Å². The number of para-hydroxylation sites is 1. The van der Waals surface area contributed by atoms with Gasteiger partial charge in [-0.15, -0.1) is 0 Å². The maximum Gasteiger partial charge on any atom is 0.255 e. The first-order valence-corrected chi connectivity index (χ1v) is 9.40. The number of benzene rings is 3. The normalized spacial score (nSPS) is 14.1. The summed E-state index contributed by atoms with van der Waals surface area (Å²) in [6.45, 7) is 0.392. The molecule has 29 heavy (non-hydrogen) atoms. The molecule has 142 valence electrons. The first kappa shape index (κ1) is 17.2. The van der Waals surface area contributed by atoms with E-state index in [0.717, 1.165) is 22.0 Å². The van der Waals surface area contributed by atoms with Gasteiger partial charge in [0.15, 0.2) is 5.82 Å². The molecule has 3 aromatic carbocycles. The fourth-order valence-corrected chi connectivity index (χ4v) is 3.84. The van der Waals surface area contributed by atoms with E-state index >= 15 is 0 Å². The van der Waals surface area contributed by atoms with Crippen LogP contribution in [0.1, 0.15) is 27.5 Å². The SMILES string of the molecule is O=C(Nc1n[nH]c2ccccc12)[C@@H](c1ccccc1)N1Cc2ccccc2C1=O. The van der Waals surface area contributed by atoms with Crippen molar-refractivity contribution in [3.8, 4) is 0 Å². The van der Waals surface area contributed by atoms with Crippen LogP contribution in [0.3, 0.4) is 0 Å². The van der Waals surface area contributed by atoms with E-state index in [1.807, 2.05) is 72.8 Å². The van der Waals surface area contributed by atoms with E-state index in [1.165, 1.54) is 0 Å². The number of carbonyl (C=O) groups excluding carboxylic acids is 2. The zero-order valence-corrected chi connectivity index (χ0v) is 15.5. The molecule has 1 atom stereocenters. The molecule has 0 fully saturated rings. The van der Waals surface area contributed by atoms with Crippen molar-refractivity contribution in [1.29, 1.82) is 0 Å². The van der Waals surface area contributed by atoms with Crippen LogP contribution in [0.4, 0.5) is 5.82 Å². The van der Waals surface area contributed by atoms with Gasteiger partial charge in [-0.3, -0.25) is 14.7 Å². The standard InChI is InChI=1S/C23H18N4O2/c28-22(24-21-18-12-6-7-13-19(18)25-26-21)20(15-8-2-1-3-9-15)27-14-16-10-4-5-11-17(16)23(27)29/h1-13,20H,14H2,(H2,24,25,26,28)/t20-/m1/s1. The molecule has 0 aliphatic carbocycles. The molecule has 1 aliphatic rings. The molecule has 1 aliphatic heterocycles. The van der Waals surface area contributed by atoms with Crippen LogP contribution in [0.2, 0.25) is 0 Å². The monoisotopic (exact) mass is 382 g/mol. The summed E-state index contributed by atoms with van der Waals surface area (Å²) in [5.74, 6) is 0.0155. The maximum absolute atomic E-state index is 13.4. The van der Waals surface area contributed by atoms with E-state index in [0.29, 0.717) is 17.9 Å². The van der Waals surface area contributed by atoms with Gasteiger partial charge in [-0.25, -0.2) is 0 Å². The Morgan fingerprint density at radius 2 is 1.69 bits per heavy atom. The molecule has 1 aromatic heterocycles. The quantitative estimate of drug-likeness (QED) is 0.562. The molecule has 0 unspecified atom stereocenters. The van der Waals surface area contributed by atoms with Gasteiger partial charge < -0.3 is 10.2 Å². The van der Waals surface area contributed by atoms with Crippen molar-refractivity contribution in [2.45, 2.75) is 12.6 Å². The second-order valence-corrected chi connectivity index (χ2v) is 7.01. The molecule has 5 rings (SSSR count). The smallest absolute Gasteiger partial charge is 0.255 e. The van der Waals surface area contributed by atoms with Crippen molar-refractivity contribution in [3.05, 3.63) is 95.6 Å². The number of amides is 2. The molecule has 4 aromatic rings. The predicted molar refractivity (Wildman–Crippen MR) is 110 cm³/mol. The highest BCUT2D eigenvalue weighted by molar-refractivity contribution is 6.06. The summed E-state index contributed by atoms with van der Waals surface area (Å²) in [7, 11) is 0. The fourth-order valence-electron chi connectivity index (χ4n) is 3.84. The number of H-pyrrole nitrogens is 1. The maximum atomic E-state index is 13.4. The van der Waals surface area contributed by atoms with E-state index in [4.69, 9.17) is 0 Å². The fraction of sp³-hybridized carbons (Fsp3) is 0.0870. The molecule has 2 heterocycles. The van der Waals surface area contributed by atoms with Crippen molar-refractivity contribution >= 4 is 28.5 Å². The summed E-state index contributed by atoms with van der Waals surface area (Å²) in [5, 5.41) is 10.9. The third-order valence-corrected chi connectivity index (χ3v) is 5.24. The Hall–Kier alpha value is -3.93. The summed E-state index contributed by atoms with van der Waals surface area (Å²) in [6, 6.07) is 23.7. The summed E-state index contributed by atoms with van der Waals surface area (Å²) in [4.78, 5) is 28.0. The molecule has 0 radical (unpaired) electrons. The molecule has 2 amide bonds. The van der Waals surface area contributed by atoms with Gasteiger partial charge in [0.25, 0.3) is 11.8 Å². The van der Waals surface area contributed by atoms with Crippen LogP contribution >= 0.6 is 0 Å². The van der Waals surface area contributed by atoms with Crippen LogP contribution in [0.25, 0.3) is 10.9 Å². The number of aromatic nitrogens is 2. The first-order chi connectivity index (χ1) is 14.2. The minimum Gasteiger partial charge on any atom is -0.318 e. The minimum absolute atomic E-state index is 0.142. The topological polar surface area (TPSA) is 78.1 Å². The lowest BCUT2D eigenvalue weighted by molar-refractivity contribution is -0.120. The summed E-state index contributed by atoms with van der Waals surface area (Å²) >= 11 is 0. The number of nitrogens with zero attached hydrogens (tertiary/aromatic N) is 2. The van der Waals surface area contributed by atoms with Gasteiger partial charge in [0.1, 0.15) is 6.04 Å². The lowest BCUT2D eigenvalue weighted by Crippen LogP contribution is -2.37. The predicted octanol–water partition coefficient (Wildman–Crippen LogP) is 3.90. The Morgan fingerprint density at radius 3 is 2.52 bits per heavy atom. The van der Waals surface area contributed by atoms with E-state index in [-0.39, 0.29) is 11.8 Å². The Labute approximate surface area is 167 Å². The van der Waals surface area contributed by atoms with E-state index in [2.05, 4.69) is 15.5 Å². The minimum atomic E-state index is -0.758. The number of hydrogen-bond donors (Lipinski definition) is 2. The number of rotatable bonds is 4. The van der Waals surface area contributed by atoms with Crippen molar-refractivity contribution in [3.63, 3.8) is 0 Å². The van der Waals surface area contributed by atoms with Gasteiger partial charge in [-0.2, -0.15) is 5.10 Å². The number of nitrogens with one attached hydrogen (secondary N) is 2. The molecule has 0 saturated carbocycles. The van der Waals surface area contributed by atoms with Crippen molar-refractivity contribution in [2.24, 2.45) is 0 Å². The molecule has 2 N–H and O–H groups in total. The second kappa shape index (κ2) is 6.91. The number of fused-ring (bicyclic) bond motifs is 2. The van der Waals surface area contributed by atoms with Gasteiger partial charge in [0, 0.05) is 17.5 Å². The first-order valence-electron chi connectivity index (χ1n) is 9.40. The Balaban J connectivity index is 1.52. The highest BCUT2D eigenvalue weighted by atomic mass is 16.2. The number of anilines is 1. The zero-order chi connectivity index (χ0) is 19.8. The molecule has 6 heteroatoms. The van der Waals surface area contributed by atoms with Crippen LogP contribution in [0, 0.1) is 0 Å². The average Bonchev–Trinajstić information content (AvgIpc) is 3.31. The number of carbonyl (C=O) groups is 2. The highest BCUT2D eigenvalue weighted by Crippen LogP contribution is 2.32. The van der Waals surface area contributed by atoms with Crippen LogP contribution in [-0.4, -0.2) is 26.9 Å². The Bertz CT molecular complexity index is 1220. The second-order valence-electron chi connectivity index (χ2n) is 7.01. The van der Waals surface area contributed by atoms with Crippen LogP contribution in [-0.2, 0) is 11.3 Å². The summed E-state index contributed by atoms with van der Waals surface area (Å²) < 4.78 is 0. The number of hydrogen-bond acceptors (Lipinski definition) is 3. The van der Waals surface area contributed by atoms with Gasteiger partial charge >= 0.3 is 0 Å². The van der Waals surface area contributed by atoms with E-state index in [1.54, 1.807) is 11.0 Å². The van der Waals surface area contributed by atoms with Crippen LogP contribution in [0.15, 0.2) is 78.9 Å². The Kier molecular flexibility index (Phi) is 4.09. The number of aromatic amines is 1. The highest BCUT2D eigenvalue weighted by Gasteiger charge is 2.37. The van der Waals surface area contributed by atoms with Gasteiger partial charge in [0.05, 0.1) is 5.52 Å². The molecular weight excluding hydrogens is 364 g/mol. The van der Waals surface area contributed by atoms with Gasteiger partial charge in [-0.1, -0.05) is 60.7 Å². The van der Waals surface area contributed by atoms with Gasteiger partial charge in [-0.05, 0) is 29.3 Å². The zero-order valence-electron chi connectivity index (χ0n) is 15.5. The average molecular weight is 382 g/mol. The Morgan fingerprint density at radius 1 is 0.966 bits per heavy atom. The molecule has 0 bridgehead atoms. The largest absolute Gasteiger partial charge is 0.318 e. The third-order valence-electron chi connectivity index (χ3n) is 5.24. The molecule has 6 nitrogen and oxygen atoms in total. The lowest BCUT2D eigenvalue weighted by Gasteiger charge is -2.27. The molecule has 0 saturated heterocycles. The lowest BCUT2D eigenvalue weighted by atomic mass is 10.0. The molecular formula is C23H18N4O2. The third kappa shape index (κ3) is 2.95. The van der Waals surface area contributed by atoms with Gasteiger partial charge in [0.2, 0.25) is 0 Å². The van der Waals surface area contributed by atoms with E-state index in [9.17, 15) is 9.59 Å². The van der Waals surface area contributed by atoms with Crippen molar-refractivity contribution < 1.29 is 9.59 Å². The molecule has 0 spiro atoms. The van der Waals surface area contributed by atoms with Crippen molar-refractivity contribution in [1.82, 2.24) is 15.1 Å². The summed E-state index contributed by atoms with van der Waals surface area (Å²) in [6.07, 6.45) is 0. The van der Waals surface area contributed by atoms with Crippen LogP contribution in [0.5, 0.6) is 0 Å². The summed E-state index contributed by atoms with van der Waals surface area (Å²) in [5.41, 5.74) is 3.16. The van der Waals surface area contributed by atoms with Crippen molar-refractivity contribution in [2.75, 3.05) is 5.32 Å².